The highest BCUT2D eigenvalue weighted by atomic mass is 28.3. The maximum absolute atomic E-state index is 10.9. The molecule has 1 saturated carbocycles. The summed E-state index contributed by atoms with van der Waals surface area (Å²) in [4.78, 5) is 0. The first-order valence-electron chi connectivity index (χ1n) is 11.3. The summed E-state index contributed by atoms with van der Waals surface area (Å²) in [5.74, 6) is 6.53. The first-order valence-corrected chi connectivity index (χ1v) is 15.0. The summed E-state index contributed by atoms with van der Waals surface area (Å²) in [6.07, 6.45) is 6.24. The van der Waals surface area contributed by atoms with E-state index in [1.54, 1.807) is 0 Å². The minimum atomic E-state index is -1.10. The van der Waals surface area contributed by atoms with E-state index in [1.165, 1.54) is 5.57 Å². The zero-order valence-corrected chi connectivity index (χ0v) is 20.5. The largest absolute Gasteiger partial charge is 0.380 e. The van der Waals surface area contributed by atoms with Gasteiger partial charge in [0.25, 0.3) is 0 Å². The third-order valence-corrected chi connectivity index (χ3v) is 8.67. The standard InChI is InChI=1S/C25H42O3Si/c1-19-11-9-8-10-12-22(26)24-21(3)25(4,14-13-19)20(2)17-23(24)28-18-27-15-16-29(5,6)7/h11,20,22-24,26H,3,8-9,13-18H2,1-2,4-7H3/b19-11+/t20-,22+,23+,24-,25+/m1/s1. The highest BCUT2D eigenvalue weighted by Crippen LogP contribution is 2.52. The van der Waals surface area contributed by atoms with Crippen molar-refractivity contribution in [2.45, 2.75) is 90.8 Å². The predicted octanol–water partition coefficient (Wildman–Crippen LogP) is 5.79. The van der Waals surface area contributed by atoms with Crippen molar-refractivity contribution in [3.63, 3.8) is 0 Å². The molecule has 0 radical (unpaired) electrons. The molecule has 0 amide bonds. The van der Waals surface area contributed by atoms with Crippen molar-refractivity contribution in [1.29, 1.82) is 0 Å². The molecule has 4 heteroatoms. The van der Waals surface area contributed by atoms with Crippen molar-refractivity contribution in [3.05, 3.63) is 23.8 Å². The van der Waals surface area contributed by atoms with E-state index in [0.29, 0.717) is 5.92 Å². The molecule has 2 bridgehead atoms. The van der Waals surface area contributed by atoms with Crippen LogP contribution in [-0.4, -0.2) is 38.8 Å². The van der Waals surface area contributed by atoms with Gasteiger partial charge in [-0.25, -0.2) is 0 Å². The first-order chi connectivity index (χ1) is 13.5. The molecule has 1 fully saturated rings. The molecule has 2 rings (SSSR count). The van der Waals surface area contributed by atoms with Crippen molar-refractivity contribution in [2.24, 2.45) is 17.3 Å². The van der Waals surface area contributed by atoms with Gasteiger partial charge in [-0.2, -0.15) is 0 Å². The average molecular weight is 419 g/mol. The lowest BCUT2D eigenvalue weighted by molar-refractivity contribution is -0.132. The number of hydrogen-bond acceptors (Lipinski definition) is 3. The van der Waals surface area contributed by atoms with Crippen LogP contribution in [0.1, 0.15) is 52.9 Å². The predicted molar refractivity (Wildman–Crippen MR) is 124 cm³/mol. The lowest BCUT2D eigenvalue weighted by Gasteiger charge is -2.50. The van der Waals surface area contributed by atoms with E-state index in [-0.39, 0.29) is 24.2 Å². The van der Waals surface area contributed by atoms with Crippen LogP contribution in [0, 0.1) is 29.1 Å². The van der Waals surface area contributed by atoms with Gasteiger partial charge in [-0.15, -0.1) is 5.92 Å². The van der Waals surface area contributed by atoms with Gasteiger partial charge in [0.2, 0.25) is 0 Å². The molecular formula is C25H42O3Si. The van der Waals surface area contributed by atoms with Crippen molar-refractivity contribution in [2.75, 3.05) is 13.4 Å². The van der Waals surface area contributed by atoms with E-state index in [0.717, 1.165) is 50.3 Å². The van der Waals surface area contributed by atoms with Gasteiger partial charge in [0.05, 0.1) is 6.10 Å². The lowest BCUT2D eigenvalue weighted by Crippen LogP contribution is -2.48. The lowest BCUT2D eigenvalue weighted by atomic mass is 9.57. The Morgan fingerprint density at radius 3 is 2.76 bits per heavy atom. The van der Waals surface area contributed by atoms with Gasteiger partial charge in [-0.05, 0) is 50.0 Å². The number of aliphatic hydroxyl groups is 1. The van der Waals surface area contributed by atoms with Gasteiger partial charge in [0.1, 0.15) is 12.9 Å². The SMILES string of the molecule is C=C1[C@H]2[C@@H](OCOCC[Si](C)(C)C)C[C@@H](C)[C@]1(C)CC/C(C)=C/CCC#C[C@@H]2O. The minimum Gasteiger partial charge on any atom is -0.380 e. The molecule has 0 unspecified atom stereocenters. The smallest absolute Gasteiger partial charge is 0.147 e. The van der Waals surface area contributed by atoms with Crippen LogP contribution >= 0.6 is 0 Å². The second-order valence-corrected chi connectivity index (χ2v) is 16.1. The van der Waals surface area contributed by atoms with Crippen molar-refractivity contribution < 1.29 is 14.6 Å². The summed E-state index contributed by atoms with van der Waals surface area (Å²) in [7, 11) is -1.10. The summed E-state index contributed by atoms with van der Waals surface area (Å²) in [6, 6.07) is 1.13. The maximum Gasteiger partial charge on any atom is 0.147 e. The third-order valence-electron chi connectivity index (χ3n) is 6.96. The summed E-state index contributed by atoms with van der Waals surface area (Å²) >= 11 is 0. The minimum absolute atomic E-state index is 0.0137. The summed E-state index contributed by atoms with van der Waals surface area (Å²) in [5, 5.41) is 10.9. The number of ether oxygens (including phenoxy) is 2. The zero-order valence-electron chi connectivity index (χ0n) is 19.5. The molecule has 0 aromatic carbocycles. The van der Waals surface area contributed by atoms with Crippen LogP contribution in [0.15, 0.2) is 23.8 Å². The molecule has 3 nitrogen and oxygen atoms in total. The number of hydrogen-bond donors (Lipinski definition) is 1. The van der Waals surface area contributed by atoms with Crippen LogP contribution in [0.3, 0.4) is 0 Å². The molecule has 0 aliphatic heterocycles. The molecule has 164 valence electrons. The Morgan fingerprint density at radius 2 is 2.07 bits per heavy atom. The second kappa shape index (κ2) is 10.4. The molecule has 0 heterocycles. The molecule has 0 aromatic rings. The van der Waals surface area contributed by atoms with Gasteiger partial charge in [0, 0.05) is 27.0 Å². The van der Waals surface area contributed by atoms with Gasteiger partial charge < -0.3 is 14.6 Å². The zero-order chi connectivity index (χ0) is 21.7. The summed E-state index contributed by atoms with van der Waals surface area (Å²) in [5.41, 5.74) is 2.51. The topological polar surface area (TPSA) is 38.7 Å². The second-order valence-electron chi connectivity index (χ2n) is 10.5. The molecule has 5 atom stereocenters. The monoisotopic (exact) mass is 418 g/mol. The Kier molecular flexibility index (Phi) is 8.79. The molecule has 0 aromatic heterocycles. The average Bonchev–Trinajstić information content (AvgIpc) is 2.62. The Bertz CT molecular complexity index is 651. The molecule has 0 saturated heterocycles. The van der Waals surface area contributed by atoms with E-state index in [1.807, 2.05) is 0 Å². The molecule has 2 aliphatic rings. The normalized spacial score (nSPS) is 35.6. The van der Waals surface area contributed by atoms with Gasteiger partial charge >= 0.3 is 0 Å². The molecular weight excluding hydrogens is 376 g/mol. The Hall–Kier alpha value is -0.863. The molecule has 2 aliphatic carbocycles. The van der Waals surface area contributed by atoms with E-state index in [4.69, 9.17) is 9.47 Å². The summed E-state index contributed by atoms with van der Waals surface area (Å²) < 4.78 is 12.0. The van der Waals surface area contributed by atoms with Crippen LogP contribution in [0.2, 0.25) is 25.7 Å². The third kappa shape index (κ3) is 6.82. The fourth-order valence-corrected chi connectivity index (χ4v) is 5.20. The Balaban J connectivity index is 2.13. The molecule has 1 N–H and O–H groups in total. The first kappa shape index (κ1) is 24.4. The fourth-order valence-electron chi connectivity index (χ4n) is 4.44. The number of allylic oxidation sites excluding steroid dienone is 2. The highest BCUT2D eigenvalue weighted by molar-refractivity contribution is 6.76. The van der Waals surface area contributed by atoms with Crippen LogP contribution in [0.25, 0.3) is 0 Å². The van der Waals surface area contributed by atoms with Crippen LogP contribution in [0.4, 0.5) is 0 Å². The Morgan fingerprint density at radius 1 is 1.34 bits per heavy atom. The van der Waals surface area contributed by atoms with Gasteiger partial charge in [-0.1, -0.05) is 63.2 Å². The number of fused-ring (bicyclic) bond motifs is 2. The van der Waals surface area contributed by atoms with Crippen LogP contribution in [-0.2, 0) is 9.47 Å². The number of rotatable bonds is 6. The van der Waals surface area contributed by atoms with E-state index in [9.17, 15) is 5.11 Å². The van der Waals surface area contributed by atoms with Gasteiger partial charge in [-0.3, -0.25) is 0 Å². The fraction of sp³-hybridized carbons (Fsp3) is 0.760. The van der Waals surface area contributed by atoms with E-state index in [2.05, 4.69) is 64.9 Å². The van der Waals surface area contributed by atoms with Crippen LogP contribution in [0.5, 0.6) is 0 Å². The van der Waals surface area contributed by atoms with Gasteiger partial charge in [0.15, 0.2) is 0 Å². The van der Waals surface area contributed by atoms with E-state index >= 15 is 0 Å². The van der Waals surface area contributed by atoms with Crippen molar-refractivity contribution in [3.8, 4) is 11.8 Å². The quantitative estimate of drug-likeness (QED) is 0.195. The molecule has 29 heavy (non-hydrogen) atoms. The van der Waals surface area contributed by atoms with E-state index < -0.39 is 14.2 Å². The van der Waals surface area contributed by atoms with Crippen LogP contribution < -0.4 is 0 Å². The highest BCUT2D eigenvalue weighted by Gasteiger charge is 2.48. The summed E-state index contributed by atoms with van der Waals surface area (Å²) in [6.45, 7) is 19.4. The van der Waals surface area contributed by atoms with Crippen molar-refractivity contribution in [1.82, 2.24) is 0 Å². The maximum atomic E-state index is 10.9. The Labute approximate surface area is 180 Å². The molecule has 0 spiro atoms. The van der Waals surface area contributed by atoms with Crippen molar-refractivity contribution >= 4 is 8.07 Å². The number of aliphatic hydroxyl groups excluding tert-OH is 1.